The third-order valence-electron chi connectivity index (χ3n) is 3.04. The van der Waals surface area contributed by atoms with Gasteiger partial charge in [0.15, 0.2) is 5.52 Å². The molecule has 0 fully saturated rings. The van der Waals surface area contributed by atoms with Crippen molar-refractivity contribution < 1.29 is 14.8 Å². The van der Waals surface area contributed by atoms with Crippen molar-refractivity contribution >= 4 is 28.1 Å². The second-order valence-corrected chi connectivity index (χ2v) is 4.13. The molecule has 110 valence electrons. The molecule has 2 rings (SSSR count). The summed E-state index contributed by atoms with van der Waals surface area (Å²) in [4.78, 5) is 41.5. The number of aryl methyl sites for hydroxylation is 2. The predicted molar refractivity (Wildman–Crippen MR) is 68.1 cm³/mol. The van der Waals surface area contributed by atoms with E-state index in [-0.39, 0.29) is 11.0 Å². The lowest BCUT2D eigenvalue weighted by Crippen LogP contribution is -2.19. The number of hydrogen-bond acceptors (Lipinski definition) is 7. The van der Waals surface area contributed by atoms with E-state index in [1.165, 1.54) is 14.1 Å². The van der Waals surface area contributed by atoms with E-state index in [2.05, 4.69) is 0 Å². The topological polar surface area (TPSA) is 156 Å². The molecule has 1 aromatic carbocycles. The van der Waals surface area contributed by atoms with E-state index in [1.54, 1.807) is 0 Å². The lowest BCUT2D eigenvalue weighted by atomic mass is 10.2. The molecule has 1 aromatic heterocycles. The Morgan fingerprint density at radius 2 is 1.43 bits per heavy atom. The van der Waals surface area contributed by atoms with E-state index in [1.807, 2.05) is 0 Å². The minimum Gasteiger partial charge on any atom is -0.294 e. The molecule has 0 aliphatic carbocycles. The lowest BCUT2D eigenvalue weighted by Gasteiger charge is -2.00. The van der Waals surface area contributed by atoms with Crippen LogP contribution < -0.4 is 5.69 Å². The second-order valence-electron chi connectivity index (χ2n) is 4.13. The van der Waals surface area contributed by atoms with Crippen LogP contribution in [0.25, 0.3) is 11.0 Å². The van der Waals surface area contributed by atoms with E-state index >= 15 is 0 Å². The molecular formula is C9H7N5O7. The largest absolute Gasteiger partial charge is 0.424 e. The van der Waals surface area contributed by atoms with E-state index in [0.29, 0.717) is 0 Å². The van der Waals surface area contributed by atoms with Crippen LogP contribution in [-0.2, 0) is 14.1 Å². The number of imidazole rings is 1. The fraction of sp³-hybridized carbons (Fsp3) is 0.222. The first-order valence-corrected chi connectivity index (χ1v) is 5.34. The lowest BCUT2D eigenvalue weighted by molar-refractivity contribution is -0.440. The van der Waals surface area contributed by atoms with Crippen molar-refractivity contribution in [3.63, 3.8) is 0 Å². The number of fused-ring (bicyclic) bond motifs is 1. The number of nitro groups is 3. The maximum atomic E-state index is 11.8. The van der Waals surface area contributed by atoms with Gasteiger partial charge in [-0.1, -0.05) is 0 Å². The zero-order chi connectivity index (χ0) is 16.1. The van der Waals surface area contributed by atoms with E-state index in [9.17, 15) is 35.1 Å². The zero-order valence-corrected chi connectivity index (χ0v) is 10.7. The van der Waals surface area contributed by atoms with Crippen LogP contribution in [0.2, 0.25) is 0 Å². The van der Waals surface area contributed by atoms with Crippen molar-refractivity contribution in [1.82, 2.24) is 9.13 Å². The van der Waals surface area contributed by atoms with Crippen LogP contribution in [0.3, 0.4) is 0 Å². The smallest absolute Gasteiger partial charge is 0.294 e. The van der Waals surface area contributed by atoms with Gasteiger partial charge >= 0.3 is 22.8 Å². The second kappa shape index (κ2) is 4.36. The Labute approximate surface area is 114 Å². The molecule has 0 N–H and O–H groups in total. The van der Waals surface area contributed by atoms with Crippen molar-refractivity contribution in [1.29, 1.82) is 0 Å². The Morgan fingerprint density at radius 1 is 0.905 bits per heavy atom. The van der Waals surface area contributed by atoms with Gasteiger partial charge in [-0.15, -0.1) is 0 Å². The fourth-order valence-corrected chi connectivity index (χ4v) is 2.12. The van der Waals surface area contributed by atoms with Crippen LogP contribution in [0.1, 0.15) is 0 Å². The van der Waals surface area contributed by atoms with Crippen molar-refractivity contribution in [2.45, 2.75) is 0 Å². The highest BCUT2D eigenvalue weighted by atomic mass is 16.6. The number of benzene rings is 1. The third-order valence-corrected chi connectivity index (χ3v) is 3.04. The van der Waals surface area contributed by atoms with Crippen LogP contribution in [0.5, 0.6) is 0 Å². The number of nitrogens with zero attached hydrogens (tertiary/aromatic N) is 5. The molecule has 0 amide bonds. The standard InChI is InChI=1S/C9H7N5O7/c1-10-4-3-5(12(16)17)7(13(18)19)8(14(20)21)6(4)11(2)9(10)15/h3H,1-2H3. The summed E-state index contributed by atoms with van der Waals surface area (Å²) < 4.78 is 1.78. The number of aromatic nitrogens is 2. The van der Waals surface area contributed by atoms with Gasteiger partial charge in [-0.25, -0.2) is 4.79 Å². The van der Waals surface area contributed by atoms with Crippen LogP contribution in [-0.4, -0.2) is 23.9 Å². The molecular weight excluding hydrogens is 290 g/mol. The summed E-state index contributed by atoms with van der Waals surface area (Å²) in [6, 6.07) is 0.780. The van der Waals surface area contributed by atoms with Crippen molar-refractivity contribution in [3.05, 3.63) is 46.9 Å². The maximum Gasteiger partial charge on any atom is 0.424 e. The van der Waals surface area contributed by atoms with Crippen LogP contribution >= 0.6 is 0 Å². The molecule has 12 nitrogen and oxygen atoms in total. The first-order valence-electron chi connectivity index (χ1n) is 5.34. The molecule has 1 heterocycles. The highest BCUT2D eigenvalue weighted by molar-refractivity contribution is 5.94. The predicted octanol–water partition coefficient (Wildman–Crippen LogP) is 0.602. The van der Waals surface area contributed by atoms with Gasteiger partial charge in [0, 0.05) is 14.1 Å². The van der Waals surface area contributed by atoms with Gasteiger partial charge < -0.3 is 0 Å². The monoisotopic (exact) mass is 297 g/mol. The average Bonchev–Trinajstić information content (AvgIpc) is 2.61. The molecule has 0 saturated heterocycles. The van der Waals surface area contributed by atoms with Crippen LogP contribution in [0.15, 0.2) is 10.9 Å². The Kier molecular flexibility index (Phi) is 2.93. The van der Waals surface area contributed by atoms with Gasteiger partial charge in [-0.05, 0) is 0 Å². The van der Waals surface area contributed by atoms with Crippen LogP contribution in [0, 0.1) is 30.3 Å². The molecule has 0 saturated carbocycles. The van der Waals surface area contributed by atoms with Gasteiger partial charge in [-0.3, -0.25) is 39.5 Å². The molecule has 0 radical (unpaired) electrons. The van der Waals surface area contributed by atoms with Gasteiger partial charge in [0.25, 0.3) is 0 Å². The number of hydrogen-bond donors (Lipinski definition) is 0. The van der Waals surface area contributed by atoms with Gasteiger partial charge in [0.1, 0.15) is 0 Å². The summed E-state index contributed by atoms with van der Waals surface area (Å²) in [5, 5.41) is 33.1. The molecule has 0 aliphatic heterocycles. The highest BCUT2D eigenvalue weighted by Gasteiger charge is 2.40. The summed E-state index contributed by atoms with van der Waals surface area (Å²) in [7, 11) is 2.44. The molecule has 2 aromatic rings. The van der Waals surface area contributed by atoms with Crippen molar-refractivity contribution in [2.24, 2.45) is 14.1 Å². The first-order chi connectivity index (χ1) is 9.68. The molecule has 0 bridgehead atoms. The first kappa shape index (κ1) is 14.1. The quantitative estimate of drug-likeness (QED) is 0.592. The van der Waals surface area contributed by atoms with E-state index < -0.39 is 37.5 Å². The van der Waals surface area contributed by atoms with Crippen molar-refractivity contribution in [2.75, 3.05) is 0 Å². The molecule has 0 aliphatic rings. The van der Waals surface area contributed by atoms with Gasteiger partial charge in [0.2, 0.25) is 0 Å². The molecule has 0 unspecified atom stereocenters. The van der Waals surface area contributed by atoms with Gasteiger partial charge in [-0.2, -0.15) is 0 Å². The third kappa shape index (κ3) is 1.80. The normalized spacial score (nSPS) is 10.8. The minimum atomic E-state index is -1.25. The molecule has 12 heteroatoms. The van der Waals surface area contributed by atoms with Gasteiger partial charge in [0.05, 0.1) is 26.4 Å². The summed E-state index contributed by atoms with van der Waals surface area (Å²) in [5.74, 6) is 0. The average molecular weight is 297 g/mol. The molecule has 0 atom stereocenters. The SMILES string of the molecule is Cn1c(=O)n(C)c2c([N+](=O)[O-])c([N+](=O)[O-])c([N+](=O)[O-])cc21. The minimum absolute atomic E-state index is 0.133. The zero-order valence-electron chi connectivity index (χ0n) is 10.7. The summed E-state index contributed by atoms with van der Waals surface area (Å²) in [5.41, 5.74) is -4.54. The molecule has 0 spiro atoms. The fourth-order valence-electron chi connectivity index (χ4n) is 2.12. The highest BCUT2D eigenvalue weighted by Crippen LogP contribution is 2.41. The van der Waals surface area contributed by atoms with Crippen molar-refractivity contribution in [3.8, 4) is 0 Å². The van der Waals surface area contributed by atoms with Crippen LogP contribution in [0.4, 0.5) is 17.1 Å². The number of rotatable bonds is 3. The summed E-state index contributed by atoms with van der Waals surface area (Å²) in [6.07, 6.45) is 0. The Bertz CT molecular complexity index is 877. The van der Waals surface area contributed by atoms with E-state index in [0.717, 1.165) is 15.2 Å². The summed E-state index contributed by atoms with van der Waals surface area (Å²) >= 11 is 0. The Morgan fingerprint density at radius 3 is 1.86 bits per heavy atom. The molecule has 21 heavy (non-hydrogen) atoms. The Hall–Kier alpha value is -3.31. The van der Waals surface area contributed by atoms with E-state index in [4.69, 9.17) is 0 Å². The maximum absolute atomic E-state index is 11.8. The Balaban J connectivity index is 3.22. The summed E-state index contributed by atoms with van der Waals surface area (Å²) in [6.45, 7) is 0. The number of nitro benzene ring substituents is 3.